The van der Waals surface area contributed by atoms with E-state index < -0.39 is 6.10 Å². The summed E-state index contributed by atoms with van der Waals surface area (Å²) in [6.07, 6.45) is -0.204. The lowest BCUT2D eigenvalue weighted by Crippen LogP contribution is -2.24. The highest BCUT2D eigenvalue weighted by Crippen LogP contribution is 2.24. The highest BCUT2D eigenvalue weighted by molar-refractivity contribution is 5.38. The Balaban J connectivity index is 2.71. The molecule has 0 heterocycles. The summed E-state index contributed by atoms with van der Waals surface area (Å²) in [4.78, 5) is 2.20. The average molecular weight is 295 g/mol. The Morgan fingerprint density at radius 1 is 1.24 bits per heavy atom. The molecule has 0 aliphatic heterocycles. The van der Waals surface area contributed by atoms with Gasteiger partial charge in [-0.3, -0.25) is 4.90 Å². The fourth-order valence-corrected chi connectivity index (χ4v) is 2.09. The van der Waals surface area contributed by atoms with Crippen LogP contribution in [0.2, 0.25) is 0 Å². The lowest BCUT2D eigenvalue weighted by Gasteiger charge is -2.20. The first kappa shape index (κ1) is 18.0. The minimum absolute atomic E-state index is 0.260. The SMILES string of the molecule is CCOc1ccc(C(C)O)cc1CN(C)CCOC(C)C. The van der Waals surface area contributed by atoms with E-state index in [0.29, 0.717) is 13.2 Å². The van der Waals surface area contributed by atoms with Gasteiger partial charge in [0.2, 0.25) is 0 Å². The van der Waals surface area contributed by atoms with Gasteiger partial charge >= 0.3 is 0 Å². The van der Waals surface area contributed by atoms with Crippen molar-refractivity contribution in [2.45, 2.75) is 46.4 Å². The predicted molar refractivity (Wildman–Crippen MR) is 85.7 cm³/mol. The predicted octanol–water partition coefficient (Wildman–Crippen LogP) is 3.00. The van der Waals surface area contributed by atoms with Crippen LogP contribution in [0.4, 0.5) is 0 Å². The maximum Gasteiger partial charge on any atom is 0.123 e. The van der Waals surface area contributed by atoms with Crippen molar-refractivity contribution in [1.82, 2.24) is 4.90 Å². The molecular weight excluding hydrogens is 266 g/mol. The third-order valence-electron chi connectivity index (χ3n) is 3.23. The molecule has 0 aromatic heterocycles. The minimum Gasteiger partial charge on any atom is -0.494 e. The molecule has 0 saturated heterocycles. The highest BCUT2D eigenvalue weighted by atomic mass is 16.5. The molecule has 1 unspecified atom stereocenters. The van der Waals surface area contributed by atoms with Crippen LogP contribution < -0.4 is 4.74 Å². The summed E-state index contributed by atoms with van der Waals surface area (Å²) in [6, 6.07) is 5.88. The largest absolute Gasteiger partial charge is 0.494 e. The normalized spacial score (nSPS) is 13.0. The van der Waals surface area contributed by atoms with Crippen LogP contribution in [0.5, 0.6) is 5.75 Å². The average Bonchev–Trinajstić information content (AvgIpc) is 2.40. The van der Waals surface area contributed by atoms with Crippen LogP contribution in [-0.2, 0) is 11.3 Å². The fraction of sp³-hybridized carbons (Fsp3) is 0.647. The molecule has 1 atom stereocenters. The Morgan fingerprint density at radius 3 is 2.52 bits per heavy atom. The van der Waals surface area contributed by atoms with Crippen LogP contribution in [0.15, 0.2) is 18.2 Å². The number of nitrogens with zero attached hydrogens (tertiary/aromatic N) is 1. The minimum atomic E-state index is -0.464. The molecule has 120 valence electrons. The first-order chi connectivity index (χ1) is 9.93. The number of ether oxygens (including phenoxy) is 2. The van der Waals surface area contributed by atoms with E-state index in [1.54, 1.807) is 6.92 Å². The van der Waals surface area contributed by atoms with Crippen LogP contribution in [0.3, 0.4) is 0 Å². The monoisotopic (exact) mass is 295 g/mol. The molecule has 21 heavy (non-hydrogen) atoms. The van der Waals surface area contributed by atoms with Gasteiger partial charge < -0.3 is 14.6 Å². The van der Waals surface area contributed by atoms with Gasteiger partial charge in [0.25, 0.3) is 0 Å². The molecule has 1 N–H and O–H groups in total. The highest BCUT2D eigenvalue weighted by Gasteiger charge is 2.10. The van der Waals surface area contributed by atoms with E-state index in [9.17, 15) is 5.11 Å². The maximum atomic E-state index is 9.73. The maximum absolute atomic E-state index is 9.73. The molecule has 1 aromatic rings. The molecule has 0 radical (unpaired) electrons. The first-order valence-electron chi connectivity index (χ1n) is 7.67. The van der Waals surface area contributed by atoms with Gasteiger partial charge in [0.15, 0.2) is 0 Å². The Labute approximate surface area is 128 Å². The number of aliphatic hydroxyl groups is 1. The number of aliphatic hydroxyl groups excluding tert-OH is 1. The number of likely N-dealkylation sites (N-methyl/N-ethyl adjacent to an activating group) is 1. The van der Waals surface area contributed by atoms with Gasteiger partial charge in [0.05, 0.1) is 25.4 Å². The summed E-state index contributed by atoms with van der Waals surface area (Å²) in [5.74, 6) is 0.888. The fourth-order valence-electron chi connectivity index (χ4n) is 2.09. The zero-order valence-electron chi connectivity index (χ0n) is 13.9. The van der Waals surface area contributed by atoms with E-state index in [2.05, 4.69) is 11.9 Å². The third-order valence-corrected chi connectivity index (χ3v) is 3.23. The molecule has 0 aliphatic carbocycles. The van der Waals surface area contributed by atoms with E-state index in [1.807, 2.05) is 39.0 Å². The van der Waals surface area contributed by atoms with E-state index >= 15 is 0 Å². The van der Waals surface area contributed by atoms with E-state index in [4.69, 9.17) is 9.47 Å². The molecule has 0 fully saturated rings. The molecule has 0 amide bonds. The summed E-state index contributed by atoms with van der Waals surface area (Å²) in [5, 5.41) is 9.73. The lowest BCUT2D eigenvalue weighted by molar-refractivity contribution is 0.0625. The van der Waals surface area contributed by atoms with Crippen LogP contribution in [0.1, 0.15) is 44.9 Å². The van der Waals surface area contributed by atoms with Crippen LogP contribution >= 0.6 is 0 Å². The van der Waals surface area contributed by atoms with Crippen molar-refractivity contribution in [3.63, 3.8) is 0 Å². The second kappa shape index (κ2) is 9.03. The Morgan fingerprint density at radius 2 is 1.95 bits per heavy atom. The van der Waals surface area contributed by atoms with Crippen molar-refractivity contribution < 1.29 is 14.6 Å². The van der Waals surface area contributed by atoms with Crippen molar-refractivity contribution in [3.8, 4) is 5.75 Å². The Kier molecular flexibility index (Phi) is 7.72. The van der Waals surface area contributed by atoms with E-state index in [0.717, 1.165) is 30.0 Å². The van der Waals surface area contributed by atoms with Crippen LogP contribution in [0, 0.1) is 0 Å². The Hall–Kier alpha value is -1.10. The number of hydrogen-bond acceptors (Lipinski definition) is 4. The summed E-state index contributed by atoms with van der Waals surface area (Å²) in [6.45, 7) is 10.8. The molecular formula is C17H29NO3. The molecule has 4 nitrogen and oxygen atoms in total. The summed E-state index contributed by atoms with van der Waals surface area (Å²) < 4.78 is 11.3. The molecule has 4 heteroatoms. The smallest absolute Gasteiger partial charge is 0.123 e. The number of rotatable bonds is 9. The molecule has 1 aromatic carbocycles. The third kappa shape index (κ3) is 6.46. The van der Waals surface area contributed by atoms with Crippen molar-refractivity contribution in [2.24, 2.45) is 0 Å². The topological polar surface area (TPSA) is 41.9 Å². The molecule has 1 rings (SSSR count). The molecule has 0 bridgehead atoms. The second-order valence-electron chi connectivity index (χ2n) is 5.63. The molecule has 0 spiro atoms. The Bertz CT molecular complexity index is 418. The number of hydrogen-bond donors (Lipinski definition) is 1. The molecule has 0 aliphatic rings. The van der Waals surface area contributed by atoms with Gasteiger partial charge in [-0.05, 0) is 52.4 Å². The van der Waals surface area contributed by atoms with Gasteiger partial charge in [0.1, 0.15) is 5.75 Å². The van der Waals surface area contributed by atoms with Gasteiger partial charge in [-0.25, -0.2) is 0 Å². The summed E-state index contributed by atoms with van der Waals surface area (Å²) in [5.41, 5.74) is 2.02. The lowest BCUT2D eigenvalue weighted by atomic mass is 10.1. The van der Waals surface area contributed by atoms with Crippen molar-refractivity contribution in [1.29, 1.82) is 0 Å². The summed E-state index contributed by atoms with van der Waals surface area (Å²) >= 11 is 0. The van der Waals surface area contributed by atoms with Crippen LogP contribution in [0.25, 0.3) is 0 Å². The number of benzene rings is 1. The second-order valence-corrected chi connectivity index (χ2v) is 5.63. The quantitative estimate of drug-likeness (QED) is 0.760. The standard InChI is InChI=1S/C17H29NO3/c1-6-20-17-8-7-15(14(4)19)11-16(17)12-18(5)9-10-21-13(2)3/h7-8,11,13-14,19H,6,9-10,12H2,1-5H3. The zero-order chi connectivity index (χ0) is 15.8. The first-order valence-corrected chi connectivity index (χ1v) is 7.67. The van der Waals surface area contributed by atoms with Crippen molar-refractivity contribution in [3.05, 3.63) is 29.3 Å². The summed E-state index contributed by atoms with van der Waals surface area (Å²) in [7, 11) is 2.06. The van der Waals surface area contributed by atoms with E-state index in [1.165, 1.54) is 0 Å². The van der Waals surface area contributed by atoms with Crippen molar-refractivity contribution >= 4 is 0 Å². The van der Waals surface area contributed by atoms with Gasteiger partial charge in [0, 0.05) is 18.7 Å². The molecule has 0 saturated carbocycles. The zero-order valence-corrected chi connectivity index (χ0v) is 13.9. The van der Waals surface area contributed by atoms with Crippen molar-refractivity contribution in [2.75, 3.05) is 26.8 Å². The van der Waals surface area contributed by atoms with Crippen LogP contribution in [-0.4, -0.2) is 42.9 Å². The van der Waals surface area contributed by atoms with Gasteiger partial charge in [-0.15, -0.1) is 0 Å². The van der Waals surface area contributed by atoms with E-state index in [-0.39, 0.29) is 6.10 Å². The van der Waals surface area contributed by atoms with Gasteiger partial charge in [-0.1, -0.05) is 6.07 Å². The van der Waals surface area contributed by atoms with Gasteiger partial charge in [-0.2, -0.15) is 0 Å².